The summed E-state index contributed by atoms with van der Waals surface area (Å²) in [7, 11) is 0. The van der Waals surface area contributed by atoms with Gasteiger partial charge in [-0.3, -0.25) is 0 Å². The molecular formula is C20H17FN6O2. The van der Waals surface area contributed by atoms with E-state index in [1.807, 2.05) is 30.3 Å². The third kappa shape index (κ3) is 3.76. The van der Waals surface area contributed by atoms with Gasteiger partial charge in [-0.25, -0.2) is 23.4 Å². The van der Waals surface area contributed by atoms with E-state index < -0.39 is 5.69 Å². The quantitative estimate of drug-likeness (QED) is 0.541. The summed E-state index contributed by atoms with van der Waals surface area (Å²) in [6.45, 7) is -0.00406. The first-order valence-electron chi connectivity index (χ1n) is 8.80. The topological polar surface area (TPSA) is 105 Å². The minimum atomic E-state index is -0.427. The summed E-state index contributed by atoms with van der Waals surface area (Å²) in [5, 5.41) is 7.94. The lowest BCUT2D eigenvalue weighted by Crippen LogP contribution is -2.26. The van der Waals surface area contributed by atoms with Crippen LogP contribution in [0, 0.1) is 0 Å². The van der Waals surface area contributed by atoms with Crippen molar-refractivity contribution in [2.45, 2.75) is 6.54 Å². The predicted molar refractivity (Wildman–Crippen MR) is 105 cm³/mol. The van der Waals surface area contributed by atoms with E-state index >= 15 is 0 Å². The van der Waals surface area contributed by atoms with Gasteiger partial charge in [-0.1, -0.05) is 29.4 Å². The number of pyridine rings is 1. The number of aromatic nitrogens is 5. The second kappa shape index (κ2) is 8.03. The second-order valence-corrected chi connectivity index (χ2v) is 6.28. The van der Waals surface area contributed by atoms with Crippen molar-refractivity contribution in [3.05, 3.63) is 83.6 Å². The average molecular weight is 392 g/mol. The number of hydrogen-bond donors (Lipinski definition) is 1. The monoisotopic (exact) mass is 392 g/mol. The number of nitrogens with zero attached hydrogens (tertiary/aromatic N) is 5. The van der Waals surface area contributed by atoms with Gasteiger partial charge < -0.3 is 10.3 Å². The van der Waals surface area contributed by atoms with Gasteiger partial charge >= 0.3 is 5.69 Å². The highest BCUT2D eigenvalue weighted by Crippen LogP contribution is 2.24. The molecule has 0 radical (unpaired) electrons. The zero-order chi connectivity index (χ0) is 20.2. The van der Waals surface area contributed by atoms with E-state index in [2.05, 4.69) is 15.2 Å². The van der Waals surface area contributed by atoms with Crippen molar-refractivity contribution in [2.75, 3.05) is 6.54 Å². The third-order valence-electron chi connectivity index (χ3n) is 4.45. The van der Waals surface area contributed by atoms with Crippen molar-refractivity contribution < 1.29 is 8.91 Å². The molecule has 1 aromatic carbocycles. The van der Waals surface area contributed by atoms with E-state index in [4.69, 9.17) is 10.3 Å². The van der Waals surface area contributed by atoms with E-state index in [0.717, 1.165) is 27.1 Å². The number of nitrogens with two attached hydrogens (primary N) is 1. The first-order chi connectivity index (χ1) is 14.2. The largest absolute Gasteiger partial charge is 0.364 e. The molecule has 4 aromatic rings. The summed E-state index contributed by atoms with van der Waals surface area (Å²) in [6, 6.07) is 13.2. The summed E-state index contributed by atoms with van der Waals surface area (Å²) in [4.78, 5) is 16.8. The average Bonchev–Trinajstić information content (AvgIpc) is 3.43. The van der Waals surface area contributed by atoms with Gasteiger partial charge in [-0.2, -0.15) is 5.10 Å². The molecular weight excluding hydrogens is 375 g/mol. The minimum Gasteiger partial charge on any atom is -0.364 e. The Kier molecular flexibility index (Phi) is 5.12. The molecule has 0 aliphatic carbocycles. The second-order valence-electron chi connectivity index (χ2n) is 6.28. The summed E-state index contributed by atoms with van der Waals surface area (Å²) < 4.78 is 20.1. The Balaban J connectivity index is 1.63. The number of rotatable bonds is 6. The molecule has 3 heterocycles. The van der Waals surface area contributed by atoms with Crippen LogP contribution in [0.15, 0.2) is 82.5 Å². The van der Waals surface area contributed by atoms with Crippen LogP contribution in [0.3, 0.4) is 0 Å². The first kappa shape index (κ1) is 18.5. The predicted octanol–water partition coefficient (Wildman–Crippen LogP) is 2.56. The van der Waals surface area contributed by atoms with Gasteiger partial charge in [0.05, 0.1) is 12.9 Å². The lowest BCUT2D eigenvalue weighted by atomic mass is 10.0. The Morgan fingerprint density at radius 1 is 1.14 bits per heavy atom. The Morgan fingerprint density at radius 3 is 2.62 bits per heavy atom. The van der Waals surface area contributed by atoms with Gasteiger partial charge in [0.1, 0.15) is 24.1 Å². The molecule has 0 saturated heterocycles. The smallest absolute Gasteiger partial charge is 0.351 e. The Morgan fingerprint density at radius 2 is 1.93 bits per heavy atom. The number of benzene rings is 1. The van der Waals surface area contributed by atoms with Gasteiger partial charge in [-0.15, -0.1) is 0 Å². The van der Waals surface area contributed by atoms with Crippen molar-refractivity contribution in [2.24, 2.45) is 5.73 Å². The Hall–Kier alpha value is -3.85. The molecule has 0 fully saturated rings. The van der Waals surface area contributed by atoms with Crippen LogP contribution in [-0.4, -0.2) is 31.0 Å². The van der Waals surface area contributed by atoms with Crippen LogP contribution >= 0.6 is 0 Å². The Bertz CT molecular complexity index is 1190. The molecule has 0 amide bonds. The summed E-state index contributed by atoms with van der Waals surface area (Å²) in [6.07, 6.45) is 4.89. The van der Waals surface area contributed by atoms with Crippen molar-refractivity contribution in [1.29, 1.82) is 0 Å². The highest BCUT2D eigenvalue weighted by atomic mass is 19.1. The van der Waals surface area contributed by atoms with Crippen LogP contribution in [0.4, 0.5) is 4.39 Å². The van der Waals surface area contributed by atoms with Crippen molar-refractivity contribution in [3.63, 3.8) is 0 Å². The molecule has 8 nitrogen and oxygen atoms in total. The van der Waals surface area contributed by atoms with Crippen LogP contribution in [-0.2, 0) is 6.54 Å². The highest BCUT2D eigenvalue weighted by molar-refractivity contribution is 5.69. The minimum absolute atomic E-state index is 0.00781. The van der Waals surface area contributed by atoms with E-state index in [1.165, 1.54) is 17.2 Å². The molecule has 4 rings (SSSR count). The zero-order valence-electron chi connectivity index (χ0n) is 15.3. The van der Waals surface area contributed by atoms with Gasteiger partial charge in [0.2, 0.25) is 0 Å². The standard InChI is InChI=1S/C20H17FN6O2/c21-10-14(11-22)12-27-20(28)26(13-24-27)19-9-17(5-7-23-19)15-1-3-16(4-2-15)18-6-8-29-25-18/h1-10,13H,11-12,22H2/b14-10+. The molecule has 0 spiro atoms. The van der Waals surface area contributed by atoms with Crippen molar-refractivity contribution in [1.82, 2.24) is 24.5 Å². The Labute approximate surface area is 164 Å². The van der Waals surface area contributed by atoms with Gasteiger partial charge in [0.25, 0.3) is 0 Å². The molecule has 29 heavy (non-hydrogen) atoms. The molecule has 0 aliphatic rings. The molecule has 0 bridgehead atoms. The normalized spacial score (nSPS) is 11.7. The third-order valence-corrected chi connectivity index (χ3v) is 4.45. The molecule has 2 N–H and O–H groups in total. The lowest BCUT2D eigenvalue weighted by Gasteiger charge is -2.06. The number of hydrogen-bond acceptors (Lipinski definition) is 6. The molecule has 0 atom stereocenters. The molecule has 0 aliphatic heterocycles. The van der Waals surface area contributed by atoms with E-state index in [0.29, 0.717) is 12.1 Å². The molecule has 0 unspecified atom stereocenters. The van der Waals surface area contributed by atoms with Gasteiger partial charge in [-0.05, 0) is 28.8 Å². The maximum Gasteiger partial charge on any atom is 0.351 e. The molecule has 0 saturated carbocycles. The summed E-state index contributed by atoms with van der Waals surface area (Å²) in [5.74, 6) is 0.415. The lowest BCUT2D eigenvalue weighted by molar-refractivity contribution is 0.422. The highest BCUT2D eigenvalue weighted by Gasteiger charge is 2.11. The maximum atomic E-state index is 12.8. The van der Waals surface area contributed by atoms with E-state index in [9.17, 15) is 9.18 Å². The van der Waals surface area contributed by atoms with Crippen LogP contribution in [0.2, 0.25) is 0 Å². The summed E-state index contributed by atoms with van der Waals surface area (Å²) in [5.41, 5.74) is 8.81. The van der Waals surface area contributed by atoms with Gasteiger partial charge in [0.15, 0.2) is 0 Å². The van der Waals surface area contributed by atoms with Crippen LogP contribution in [0.25, 0.3) is 28.2 Å². The first-order valence-corrected chi connectivity index (χ1v) is 8.80. The fourth-order valence-electron chi connectivity index (χ4n) is 2.86. The molecule has 3 aromatic heterocycles. The zero-order valence-corrected chi connectivity index (χ0v) is 15.3. The van der Waals surface area contributed by atoms with Crippen LogP contribution in [0.1, 0.15) is 0 Å². The fourth-order valence-corrected chi connectivity index (χ4v) is 2.86. The number of halogens is 1. The summed E-state index contributed by atoms with van der Waals surface area (Å²) >= 11 is 0. The molecule has 9 heteroatoms. The van der Waals surface area contributed by atoms with Crippen molar-refractivity contribution >= 4 is 0 Å². The van der Waals surface area contributed by atoms with E-state index in [1.54, 1.807) is 18.3 Å². The van der Waals surface area contributed by atoms with Crippen LogP contribution < -0.4 is 11.4 Å². The van der Waals surface area contributed by atoms with Crippen molar-refractivity contribution in [3.8, 4) is 28.2 Å². The van der Waals surface area contributed by atoms with Crippen LogP contribution in [0.5, 0.6) is 0 Å². The van der Waals surface area contributed by atoms with E-state index in [-0.39, 0.29) is 18.7 Å². The SMILES string of the molecule is NC/C(=C\F)Cn1ncn(-c2cc(-c3ccc(-c4ccon4)cc3)ccn2)c1=O. The van der Waals surface area contributed by atoms with Gasteiger partial charge in [0, 0.05) is 24.4 Å². The maximum absolute atomic E-state index is 12.8. The fraction of sp³-hybridized carbons (Fsp3) is 0.100. The molecule has 146 valence electrons.